The Morgan fingerprint density at radius 3 is 2.76 bits per heavy atom. The van der Waals surface area contributed by atoms with Crippen LogP contribution in [0.4, 0.5) is 0 Å². The fourth-order valence-electron chi connectivity index (χ4n) is 2.12. The molecular formula is C14H23BrN2. The van der Waals surface area contributed by atoms with Crippen LogP contribution in [-0.4, -0.2) is 4.98 Å². The van der Waals surface area contributed by atoms with Crippen LogP contribution >= 0.6 is 15.9 Å². The molecule has 1 aromatic heterocycles. The van der Waals surface area contributed by atoms with Crippen molar-refractivity contribution in [3.05, 3.63) is 28.5 Å². The molecule has 0 amide bonds. The van der Waals surface area contributed by atoms with Crippen molar-refractivity contribution in [2.45, 2.75) is 52.0 Å². The third-order valence-electron chi connectivity index (χ3n) is 3.27. The molecule has 1 aromatic rings. The zero-order chi connectivity index (χ0) is 12.7. The van der Waals surface area contributed by atoms with E-state index in [9.17, 15) is 0 Å². The molecule has 0 saturated carbocycles. The second-order valence-corrected chi connectivity index (χ2v) is 5.48. The minimum absolute atomic E-state index is 0.0485. The van der Waals surface area contributed by atoms with E-state index in [-0.39, 0.29) is 6.04 Å². The fourth-order valence-corrected chi connectivity index (χ4v) is 2.67. The molecule has 2 unspecified atom stereocenters. The highest BCUT2D eigenvalue weighted by atomic mass is 79.9. The Bertz CT molecular complexity index is 328. The van der Waals surface area contributed by atoms with Gasteiger partial charge in [0.2, 0.25) is 0 Å². The lowest BCUT2D eigenvalue weighted by atomic mass is 9.91. The van der Waals surface area contributed by atoms with Gasteiger partial charge in [0.25, 0.3) is 0 Å². The number of halogens is 1. The highest BCUT2D eigenvalue weighted by molar-refractivity contribution is 9.10. The van der Waals surface area contributed by atoms with Crippen molar-refractivity contribution in [2.75, 3.05) is 0 Å². The van der Waals surface area contributed by atoms with Gasteiger partial charge in [-0.3, -0.25) is 4.98 Å². The molecule has 0 spiro atoms. The van der Waals surface area contributed by atoms with Gasteiger partial charge in [-0.1, -0.05) is 39.5 Å². The zero-order valence-corrected chi connectivity index (χ0v) is 12.4. The summed E-state index contributed by atoms with van der Waals surface area (Å²) in [5.74, 6) is 0.721. The molecule has 2 N–H and O–H groups in total. The Morgan fingerprint density at radius 2 is 2.18 bits per heavy atom. The number of nitrogens with zero attached hydrogens (tertiary/aromatic N) is 1. The average molecular weight is 299 g/mol. The summed E-state index contributed by atoms with van der Waals surface area (Å²) < 4.78 is 1.03. The van der Waals surface area contributed by atoms with E-state index in [1.807, 2.05) is 18.3 Å². The van der Waals surface area contributed by atoms with E-state index in [0.29, 0.717) is 0 Å². The maximum Gasteiger partial charge on any atom is 0.0712 e. The molecule has 2 atom stereocenters. The molecule has 0 fully saturated rings. The third-order valence-corrected chi connectivity index (χ3v) is 3.94. The lowest BCUT2D eigenvalue weighted by Crippen LogP contribution is -2.17. The Balaban J connectivity index is 2.58. The summed E-state index contributed by atoms with van der Waals surface area (Å²) in [5.41, 5.74) is 7.24. The minimum atomic E-state index is 0.0485. The van der Waals surface area contributed by atoms with Crippen LogP contribution in [0.5, 0.6) is 0 Å². The van der Waals surface area contributed by atoms with Crippen molar-refractivity contribution >= 4 is 15.9 Å². The van der Waals surface area contributed by atoms with E-state index in [4.69, 9.17) is 5.73 Å². The standard InChI is InChI=1S/C14H23BrN2/c1-3-5-7-11(4-2)10-13(16)14-12(15)8-6-9-17-14/h6,8-9,11,13H,3-5,7,10,16H2,1-2H3. The SMILES string of the molecule is CCCCC(CC)CC(N)c1ncccc1Br. The van der Waals surface area contributed by atoms with Gasteiger partial charge >= 0.3 is 0 Å². The summed E-state index contributed by atoms with van der Waals surface area (Å²) in [4.78, 5) is 4.37. The van der Waals surface area contributed by atoms with Crippen LogP contribution in [0.15, 0.2) is 22.8 Å². The maximum absolute atomic E-state index is 6.25. The Labute approximate surface area is 113 Å². The minimum Gasteiger partial charge on any atom is -0.323 e. The van der Waals surface area contributed by atoms with E-state index in [1.165, 1.54) is 25.7 Å². The summed E-state index contributed by atoms with van der Waals surface area (Å²) >= 11 is 3.52. The Hall–Kier alpha value is -0.410. The molecular weight excluding hydrogens is 276 g/mol. The monoisotopic (exact) mass is 298 g/mol. The number of pyridine rings is 1. The summed E-state index contributed by atoms with van der Waals surface area (Å²) in [5, 5.41) is 0. The van der Waals surface area contributed by atoms with Crippen molar-refractivity contribution in [1.82, 2.24) is 4.98 Å². The highest BCUT2D eigenvalue weighted by Crippen LogP contribution is 2.27. The Kier molecular flexibility index (Phi) is 6.75. The van der Waals surface area contributed by atoms with Crippen molar-refractivity contribution in [3.8, 4) is 0 Å². The predicted molar refractivity (Wildman–Crippen MR) is 76.8 cm³/mol. The van der Waals surface area contributed by atoms with Gasteiger partial charge in [-0.2, -0.15) is 0 Å². The molecule has 0 saturated heterocycles. The van der Waals surface area contributed by atoms with Crippen LogP contribution < -0.4 is 5.73 Å². The highest BCUT2D eigenvalue weighted by Gasteiger charge is 2.16. The number of aromatic nitrogens is 1. The molecule has 96 valence electrons. The van der Waals surface area contributed by atoms with E-state index in [1.54, 1.807) is 0 Å². The molecule has 2 nitrogen and oxygen atoms in total. The van der Waals surface area contributed by atoms with Crippen LogP contribution in [0.1, 0.15) is 57.7 Å². The summed E-state index contributed by atoms with van der Waals surface area (Å²) in [7, 11) is 0. The first-order valence-electron chi connectivity index (χ1n) is 6.55. The van der Waals surface area contributed by atoms with Gasteiger partial charge in [0.05, 0.1) is 5.69 Å². The molecule has 3 heteroatoms. The first-order valence-corrected chi connectivity index (χ1v) is 7.34. The van der Waals surface area contributed by atoms with Crippen molar-refractivity contribution < 1.29 is 0 Å². The predicted octanol–water partition coefficient (Wildman–Crippen LogP) is 4.45. The van der Waals surface area contributed by atoms with Crippen molar-refractivity contribution in [2.24, 2.45) is 11.7 Å². The van der Waals surface area contributed by atoms with Gasteiger partial charge in [0.1, 0.15) is 0 Å². The molecule has 0 radical (unpaired) electrons. The van der Waals surface area contributed by atoms with Crippen molar-refractivity contribution in [1.29, 1.82) is 0 Å². The van der Waals surface area contributed by atoms with Crippen LogP contribution in [0.2, 0.25) is 0 Å². The van der Waals surface area contributed by atoms with E-state index in [0.717, 1.165) is 22.5 Å². The molecule has 0 aliphatic rings. The number of hydrogen-bond donors (Lipinski definition) is 1. The molecule has 1 rings (SSSR count). The van der Waals surface area contributed by atoms with Gasteiger partial charge in [0.15, 0.2) is 0 Å². The Morgan fingerprint density at radius 1 is 1.41 bits per heavy atom. The zero-order valence-electron chi connectivity index (χ0n) is 10.8. The maximum atomic E-state index is 6.25. The van der Waals surface area contributed by atoms with Gasteiger partial charge < -0.3 is 5.73 Å². The number of unbranched alkanes of at least 4 members (excludes halogenated alkanes) is 1. The second-order valence-electron chi connectivity index (χ2n) is 4.63. The summed E-state index contributed by atoms with van der Waals surface area (Å²) in [6, 6.07) is 3.98. The van der Waals surface area contributed by atoms with Gasteiger partial charge in [-0.25, -0.2) is 0 Å². The average Bonchev–Trinajstić information content (AvgIpc) is 2.34. The number of nitrogens with two attached hydrogens (primary N) is 1. The fraction of sp³-hybridized carbons (Fsp3) is 0.643. The van der Waals surface area contributed by atoms with Crippen molar-refractivity contribution in [3.63, 3.8) is 0 Å². The quantitative estimate of drug-likeness (QED) is 0.808. The van der Waals surface area contributed by atoms with E-state index < -0.39 is 0 Å². The summed E-state index contributed by atoms with van der Waals surface area (Å²) in [6.45, 7) is 4.49. The van der Waals surface area contributed by atoms with E-state index in [2.05, 4.69) is 34.8 Å². The number of hydrogen-bond acceptors (Lipinski definition) is 2. The molecule has 1 heterocycles. The van der Waals surface area contributed by atoms with Gasteiger partial charge in [-0.15, -0.1) is 0 Å². The molecule has 0 aliphatic heterocycles. The lowest BCUT2D eigenvalue weighted by Gasteiger charge is -2.19. The summed E-state index contributed by atoms with van der Waals surface area (Å²) in [6.07, 6.45) is 7.90. The lowest BCUT2D eigenvalue weighted by molar-refractivity contribution is 0.385. The first kappa shape index (κ1) is 14.7. The third kappa shape index (κ3) is 4.76. The topological polar surface area (TPSA) is 38.9 Å². The number of rotatable bonds is 7. The second kappa shape index (κ2) is 7.83. The normalized spacial score (nSPS) is 14.6. The molecule has 0 bridgehead atoms. The van der Waals surface area contributed by atoms with Crippen LogP contribution in [0.25, 0.3) is 0 Å². The van der Waals surface area contributed by atoms with Crippen LogP contribution in [0, 0.1) is 5.92 Å². The molecule has 0 aliphatic carbocycles. The van der Waals surface area contributed by atoms with Crippen LogP contribution in [0.3, 0.4) is 0 Å². The van der Waals surface area contributed by atoms with Crippen LogP contribution in [-0.2, 0) is 0 Å². The van der Waals surface area contributed by atoms with Gasteiger partial charge in [-0.05, 0) is 40.4 Å². The van der Waals surface area contributed by atoms with Gasteiger partial charge in [0, 0.05) is 16.7 Å². The first-order chi connectivity index (χ1) is 8.19. The molecule has 17 heavy (non-hydrogen) atoms. The van der Waals surface area contributed by atoms with E-state index >= 15 is 0 Å². The largest absolute Gasteiger partial charge is 0.323 e. The molecule has 0 aromatic carbocycles. The smallest absolute Gasteiger partial charge is 0.0712 e.